The lowest BCUT2D eigenvalue weighted by atomic mass is 9.87. The Labute approximate surface area is 451 Å². The van der Waals surface area contributed by atoms with Gasteiger partial charge in [0.15, 0.2) is 11.5 Å². The average molecular weight is 1060 g/mol. The highest BCUT2D eigenvalue weighted by Crippen LogP contribution is 2.38. The summed E-state index contributed by atoms with van der Waals surface area (Å²) < 4.78 is 35.4. The van der Waals surface area contributed by atoms with E-state index in [4.69, 9.17) is 67.5 Å². The number of hydrogen-bond acceptors (Lipinski definition) is 16. The molecule has 3 rings (SSSR count). The van der Waals surface area contributed by atoms with Crippen LogP contribution in [0.15, 0.2) is 113 Å². The molecule has 0 unspecified atom stereocenters. The zero-order chi connectivity index (χ0) is 54.5. The Kier molecular flexibility index (Phi) is 35.9. The highest BCUT2D eigenvalue weighted by Gasteiger charge is 2.26. The minimum absolute atomic E-state index is 0.312. The molecule has 1 aliphatic rings. The predicted octanol–water partition coefficient (Wildman–Crippen LogP) is 13.1. The minimum atomic E-state index is -0.479. The van der Waals surface area contributed by atoms with Gasteiger partial charge in [-0.15, -0.1) is 0 Å². The van der Waals surface area contributed by atoms with Gasteiger partial charge in [-0.05, 0) is 168 Å². The van der Waals surface area contributed by atoms with Crippen molar-refractivity contribution < 1.29 is 77.1 Å². The number of carbonyl (C=O) groups excluding carboxylic acids is 2. The number of unbranched alkanes of at least 4 members (excludes halogenated alkanes) is 6. The molecule has 0 saturated heterocycles. The lowest BCUT2D eigenvalue weighted by Gasteiger charge is -2.27. The maximum Gasteiger partial charge on any atom is 0.331 e. The summed E-state index contributed by atoms with van der Waals surface area (Å²) in [6.07, 6.45) is 28.6. The van der Waals surface area contributed by atoms with Gasteiger partial charge in [-0.1, -0.05) is 63.7 Å². The van der Waals surface area contributed by atoms with E-state index >= 15 is 0 Å². The first-order valence-corrected chi connectivity index (χ1v) is 26.7. The molecule has 16 nitrogen and oxygen atoms in total. The zero-order valence-corrected chi connectivity index (χ0v) is 44.8. The topological polar surface area (TPSA) is 163 Å². The Hall–Kier alpha value is -6.46. The lowest BCUT2D eigenvalue weighted by Crippen LogP contribution is -2.29. The number of benzene rings is 2. The zero-order valence-electron chi connectivity index (χ0n) is 44.8. The molecular weight excluding hydrogens is 977 g/mol. The van der Waals surface area contributed by atoms with Crippen LogP contribution >= 0.6 is 0 Å². The van der Waals surface area contributed by atoms with Crippen LogP contribution in [-0.4, -0.2) is 77.0 Å². The van der Waals surface area contributed by atoms with E-state index in [9.17, 15) is 9.59 Å². The summed E-state index contributed by atoms with van der Waals surface area (Å²) in [5.41, 5.74) is 6.27. The summed E-state index contributed by atoms with van der Waals surface area (Å²) in [7, 11) is 0. The van der Waals surface area contributed by atoms with Gasteiger partial charge in [0.2, 0.25) is 0 Å². The van der Waals surface area contributed by atoms with E-state index in [1.807, 2.05) is 18.2 Å². The van der Waals surface area contributed by atoms with Crippen LogP contribution in [0, 0.1) is 0 Å². The monoisotopic (exact) mass is 1060 g/mol. The Morgan fingerprint density at radius 3 is 1.26 bits per heavy atom. The van der Waals surface area contributed by atoms with Crippen molar-refractivity contribution in [2.24, 2.45) is 0 Å². The number of aryl methyl sites for hydroxylation is 2. The number of esters is 2. The second-order valence-electron chi connectivity index (χ2n) is 17.5. The molecule has 1 aliphatic carbocycles. The maximum absolute atomic E-state index is 13.4. The second kappa shape index (κ2) is 42.7. The van der Waals surface area contributed by atoms with Gasteiger partial charge in [0.25, 0.3) is 0 Å². The number of ether oxygens (including phenoxy) is 6. The van der Waals surface area contributed by atoms with Crippen LogP contribution in [0.5, 0.6) is 11.5 Å². The number of hydrogen-bond donors (Lipinski definition) is 0. The standard InChI is InChI=1S/C60H84O16/c1-7-63-41-21-23-43-65-59-51(26-14-18-46-72-68-10-4)31-32-52(60(59)66-44-24-22-42-64-8-2)34-40-58(62)76-54-37-35-53(36-38-54)75-57(61)39-33-50-30-29-49(25-13-17-45-71-67-9-3)55(27-15-19-47-73-69-11-5)56(50)28-16-20-48-74-70-12-6/h7-12,29-34,39-40,53-54H,1-6,13-28,35-38,41-48H2. The predicted molar refractivity (Wildman–Crippen MR) is 292 cm³/mol. The summed E-state index contributed by atoms with van der Waals surface area (Å²) in [6.45, 7) is 24.9. The third-order valence-electron chi connectivity index (χ3n) is 12.0. The fourth-order valence-electron chi connectivity index (χ4n) is 8.35. The Bertz CT molecular complexity index is 1890. The molecule has 1 fully saturated rings. The van der Waals surface area contributed by atoms with Crippen LogP contribution in [0.3, 0.4) is 0 Å². The largest absolute Gasteiger partial charge is 0.502 e. The second-order valence-corrected chi connectivity index (χ2v) is 17.5. The van der Waals surface area contributed by atoms with Crippen molar-refractivity contribution in [3.63, 3.8) is 0 Å². The molecule has 0 amide bonds. The third kappa shape index (κ3) is 27.9. The Balaban J connectivity index is 1.71. The Morgan fingerprint density at radius 2 is 0.789 bits per heavy atom. The van der Waals surface area contributed by atoms with E-state index in [2.05, 4.69) is 51.6 Å². The van der Waals surface area contributed by atoms with E-state index < -0.39 is 11.9 Å². The molecule has 0 aliphatic heterocycles. The number of rotatable bonds is 48. The molecule has 2 aromatic carbocycles. The van der Waals surface area contributed by atoms with Crippen molar-refractivity contribution in [2.75, 3.05) is 52.9 Å². The van der Waals surface area contributed by atoms with E-state index in [-0.39, 0.29) is 12.2 Å². The molecule has 420 valence electrons. The lowest BCUT2D eigenvalue weighted by molar-refractivity contribution is -0.248. The fraction of sp³-hybridized carbons (Fsp3) is 0.500. The van der Waals surface area contributed by atoms with Crippen molar-refractivity contribution in [3.05, 3.63) is 147 Å². The molecule has 0 heterocycles. The van der Waals surface area contributed by atoms with Crippen molar-refractivity contribution in [3.8, 4) is 11.5 Å². The van der Waals surface area contributed by atoms with Gasteiger partial charge >= 0.3 is 11.9 Å². The van der Waals surface area contributed by atoms with Crippen LogP contribution in [-0.2, 0) is 93.3 Å². The van der Waals surface area contributed by atoms with E-state index in [1.165, 1.54) is 66.4 Å². The normalized spacial score (nSPS) is 14.1. The van der Waals surface area contributed by atoms with Crippen molar-refractivity contribution in [1.82, 2.24) is 0 Å². The molecule has 2 aromatic rings. The van der Waals surface area contributed by atoms with Crippen molar-refractivity contribution in [1.29, 1.82) is 0 Å². The van der Waals surface area contributed by atoms with Gasteiger partial charge < -0.3 is 48.0 Å². The third-order valence-corrected chi connectivity index (χ3v) is 12.0. The molecule has 0 N–H and O–H groups in total. The molecule has 0 spiro atoms. The van der Waals surface area contributed by atoms with Gasteiger partial charge in [-0.2, -0.15) is 19.6 Å². The van der Waals surface area contributed by atoms with Gasteiger partial charge in [0, 0.05) is 17.7 Å². The molecule has 0 bridgehead atoms. The van der Waals surface area contributed by atoms with Gasteiger partial charge in [-0.3, -0.25) is 0 Å². The molecule has 0 aromatic heterocycles. The average Bonchev–Trinajstić information content (AvgIpc) is 3.43. The first-order valence-electron chi connectivity index (χ1n) is 26.7. The van der Waals surface area contributed by atoms with Crippen LogP contribution < -0.4 is 9.47 Å². The first kappa shape index (κ1) is 63.8. The molecule has 0 radical (unpaired) electrons. The van der Waals surface area contributed by atoms with E-state index in [1.54, 1.807) is 6.08 Å². The molecular formula is C60H84O16. The van der Waals surface area contributed by atoms with Crippen LogP contribution in [0.2, 0.25) is 0 Å². The maximum atomic E-state index is 13.4. The van der Waals surface area contributed by atoms with Gasteiger partial charge in [-0.25, -0.2) is 9.59 Å². The molecule has 1 saturated carbocycles. The summed E-state index contributed by atoms with van der Waals surface area (Å²) in [5.74, 6) is 0.274. The minimum Gasteiger partial charge on any atom is -0.502 e. The summed E-state index contributed by atoms with van der Waals surface area (Å²) in [6, 6.07) is 8.15. The van der Waals surface area contributed by atoms with Crippen molar-refractivity contribution in [2.45, 2.75) is 141 Å². The van der Waals surface area contributed by atoms with Gasteiger partial charge in [0.1, 0.15) is 37.3 Å². The highest BCUT2D eigenvalue weighted by molar-refractivity contribution is 5.88. The quantitative estimate of drug-likeness (QED) is 0.0153. The molecule has 76 heavy (non-hydrogen) atoms. The summed E-state index contributed by atoms with van der Waals surface area (Å²) in [4.78, 5) is 66.7. The van der Waals surface area contributed by atoms with E-state index in [0.717, 1.165) is 107 Å². The highest BCUT2D eigenvalue weighted by atomic mass is 17.2. The Morgan fingerprint density at radius 1 is 0.408 bits per heavy atom. The summed E-state index contributed by atoms with van der Waals surface area (Å²) >= 11 is 0. The van der Waals surface area contributed by atoms with Crippen LogP contribution in [0.4, 0.5) is 0 Å². The first-order chi connectivity index (χ1) is 37.4. The van der Waals surface area contributed by atoms with Crippen LogP contribution in [0.25, 0.3) is 12.2 Å². The molecule has 0 atom stereocenters. The van der Waals surface area contributed by atoms with Crippen molar-refractivity contribution >= 4 is 24.1 Å². The fourth-order valence-corrected chi connectivity index (χ4v) is 8.35. The van der Waals surface area contributed by atoms with Crippen LogP contribution in [0.1, 0.15) is 136 Å². The van der Waals surface area contributed by atoms with Gasteiger partial charge in [0.05, 0.1) is 65.4 Å². The summed E-state index contributed by atoms with van der Waals surface area (Å²) in [5, 5.41) is 0. The van der Waals surface area contributed by atoms with E-state index in [0.29, 0.717) is 102 Å². The SMILES string of the molecule is C=COCCCCOc1c(C=CC(=O)OC2CCC(OC(=O)C=Cc3ccc(CCCCOOC=C)c(CCCCOOC=C)c3CCCCOOC=C)CC2)ccc(CCCCOOC=C)c1OCCCCOC=C. The smallest absolute Gasteiger partial charge is 0.331 e. The molecule has 16 heteroatoms. The number of carbonyl (C=O) groups is 2.